The summed E-state index contributed by atoms with van der Waals surface area (Å²) in [7, 11) is 0. The number of allylic oxidation sites excluding steroid dienone is 1. The molecule has 1 aliphatic heterocycles. The molecule has 1 atom stereocenters. The summed E-state index contributed by atoms with van der Waals surface area (Å²) >= 11 is 0. The van der Waals surface area contributed by atoms with Crippen LogP contribution in [0.15, 0.2) is 78.2 Å². The fraction of sp³-hybridized carbons (Fsp3) is 0.154. The van der Waals surface area contributed by atoms with Gasteiger partial charge in [0.05, 0.1) is 18.1 Å². The molecule has 7 heteroatoms. The maximum Gasteiger partial charge on any atom is 0.343 e. The number of nitriles is 1. The van der Waals surface area contributed by atoms with Crippen LogP contribution in [0.1, 0.15) is 40.7 Å². The predicted octanol–water partition coefficient (Wildman–Crippen LogP) is 5.05. The Bertz CT molecular complexity index is 1280. The van der Waals surface area contributed by atoms with Crippen molar-refractivity contribution in [2.45, 2.75) is 19.3 Å². The summed E-state index contributed by atoms with van der Waals surface area (Å²) in [5.74, 6) is -0.520. The van der Waals surface area contributed by atoms with Crippen LogP contribution in [0, 0.1) is 17.1 Å². The molecule has 3 aromatic carbocycles. The van der Waals surface area contributed by atoms with Gasteiger partial charge in [-0.1, -0.05) is 31.2 Å². The number of carbonyl (C=O) groups excluding carboxylic acids is 1. The Morgan fingerprint density at radius 1 is 1.12 bits per heavy atom. The van der Waals surface area contributed by atoms with Crippen molar-refractivity contribution in [1.82, 2.24) is 0 Å². The summed E-state index contributed by atoms with van der Waals surface area (Å²) in [6.07, 6.45) is 0.853. The largest absolute Gasteiger partial charge is 0.494 e. The summed E-state index contributed by atoms with van der Waals surface area (Å²) in [6, 6.07) is 19.6. The van der Waals surface area contributed by atoms with Crippen molar-refractivity contribution in [3.05, 3.63) is 101 Å². The van der Waals surface area contributed by atoms with Crippen molar-refractivity contribution >= 4 is 5.97 Å². The highest BCUT2D eigenvalue weighted by Gasteiger charge is 2.31. The van der Waals surface area contributed by atoms with E-state index in [0.29, 0.717) is 34.8 Å². The Hall–Kier alpha value is -4.31. The Morgan fingerprint density at radius 3 is 2.70 bits per heavy atom. The molecule has 0 aliphatic carbocycles. The number of nitrogens with zero attached hydrogens (tertiary/aromatic N) is 1. The summed E-state index contributed by atoms with van der Waals surface area (Å²) in [5.41, 5.74) is 7.68. The molecular formula is C26H21FN2O4. The molecule has 1 aliphatic rings. The van der Waals surface area contributed by atoms with Crippen molar-refractivity contribution in [2.24, 2.45) is 5.73 Å². The SMILES string of the molecule is CCCOc1cccc(C(=O)Oc2ccc3c(c2)OC(N)=C(C#N)C3c2cccc(F)c2)c1. The number of fused-ring (bicyclic) bond motifs is 1. The fourth-order valence-electron chi connectivity index (χ4n) is 3.63. The number of carbonyl (C=O) groups is 1. The lowest BCUT2D eigenvalue weighted by Crippen LogP contribution is -2.21. The number of benzene rings is 3. The zero-order valence-corrected chi connectivity index (χ0v) is 17.9. The molecule has 3 aromatic rings. The van der Waals surface area contributed by atoms with E-state index in [4.69, 9.17) is 19.9 Å². The highest BCUT2D eigenvalue weighted by atomic mass is 19.1. The zero-order valence-electron chi connectivity index (χ0n) is 17.9. The number of rotatable bonds is 6. The molecule has 0 aromatic heterocycles. The van der Waals surface area contributed by atoms with Crippen LogP contribution in [0.2, 0.25) is 0 Å². The van der Waals surface area contributed by atoms with Crippen LogP contribution in [0.4, 0.5) is 4.39 Å². The highest BCUT2D eigenvalue weighted by molar-refractivity contribution is 5.91. The molecule has 2 N–H and O–H groups in total. The van der Waals surface area contributed by atoms with E-state index >= 15 is 0 Å². The highest BCUT2D eigenvalue weighted by Crippen LogP contribution is 2.43. The first-order valence-electron chi connectivity index (χ1n) is 10.4. The predicted molar refractivity (Wildman–Crippen MR) is 119 cm³/mol. The lowest BCUT2D eigenvalue weighted by Gasteiger charge is -2.26. The van der Waals surface area contributed by atoms with Gasteiger partial charge in [0.1, 0.15) is 34.7 Å². The molecular weight excluding hydrogens is 423 g/mol. The van der Waals surface area contributed by atoms with Crippen LogP contribution in [0.3, 0.4) is 0 Å². The van der Waals surface area contributed by atoms with E-state index in [1.54, 1.807) is 48.5 Å². The number of ether oxygens (including phenoxy) is 3. The van der Waals surface area contributed by atoms with Crippen molar-refractivity contribution < 1.29 is 23.4 Å². The molecule has 0 spiro atoms. The Balaban J connectivity index is 1.62. The third-order valence-corrected chi connectivity index (χ3v) is 5.13. The first kappa shape index (κ1) is 21.9. The summed E-state index contributed by atoms with van der Waals surface area (Å²) in [5, 5.41) is 9.62. The number of halogens is 1. The minimum absolute atomic E-state index is 0.0801. The van der Waals surface area contributed by atoms with E-state index in [-0.39, 0.29) is 17.2 Å². The third kappa shape index (κ3) is 4.65. The minimum Gasteiger partial charge on any atom is -0.494 e. The van der Waals surface area contributed by atoms with E-state index in [1.165, 1.54) is 18.2 Å². The summed E-state index contributed by atoms with van der Waals surface area (Å²) in [4.78, 5) is 12.7. The van der Waals surface area contributed by atoms with Gasteiger partial charge in [0, 0.05) is 11.6 Å². The van der Waals surface area contributed by atoms with Gasteiger partial charge in [-0.2, -0.15) is 5.26 Å². The minimum atomic E-state index is -0.605. The van der Waals surface area contributed by atoms with Crippen LogP contribution in [-0.2, 0) is 0 Å². The second-order valence-electron chi connectivity index (χ2n) is 7.45. The van der Waals surface area contributed by atoms with Crippen LogP contribution in [0.5, 0.6) is 17.2 Å². The first-order valence-corrected chi connectivity index (χ1v) is 10.4. The van der Waals surface area contributed by atoms with E-state index in [0.717, 1.165) is 6.42 Å². The number of hydrogen-bond acceptors (Lipinski definition) is 6. The molecule has 0 fully saturated rings. The monoisotopic (exact) mass is 444 g/mol. The second-order valence-corrected chi connectivity index (χ2v) is 7.45. The van der Waals surface area contributed by atoms with Crippen LogP contribution in [0.25, 0.3) is 0 Å². The number of nitrogens with two attached hydrogens (primary N) is 1. The van der Waals surface area contributed by atoms with Gasteiger partial charge in [-0.15, -0.1) is 0 Å². The summed E-state index contributed by atoms with van der Waals surface area (Å²) in [6.45, 7) is 2.55. The Kier molecular flexibility index (Phi) is 6.27. The first-order chi connectivity index (χ1) is 16.0. The molecule has 0 saturated carbocycles. The Morgan fingerprint density at radius 2 is 1.94 bits per heavy atom. The van der Waals surface area contributed by atoms with Gasteiger partial charge in [-0.3, -0.25) is 0 Å². The average molecular weight is 444 g/mol. The maximum absolute atomic E-state index is 13.9. The van der Waals surface area contributed by atoms with E-state index in [2.05, 4.69) is 6.07 Å². The third-order valence-electron chi connectivity index (χ3n) is 5.13. The zero-order chi connectivity index (χ0) is 23.4. The molecule has 1 heterocycles. The van der Waals surface area contributed by atoms with Crippen LogP contribution in [-0.4, -0.2) is 12.6 Å². The van der Waals surface area contributed by atoms with Crippen molar-refractivity contribution in [1.29, 1.82) is 5.26 Å². The molecule has 0 radical (unpaired) electrons. The molecule has 4 rings (SSSR count). The quantitative estimate of drug-likeness (QED) is 0.422. The van der Waals surface area contributed by atoms with Gasteiger partial charge >= 0.3 is 5.97 Å². The van der Waals surface area contributed by atoms with Gasteiger partial charge < -0.3 is 19.9 Å². The van der Waals surface area contributed by atoms with E-state index in [1.807, 2.05) is 6.92 Å². The molecule has 0 saturated heterocycles. The maximum atomic E-state index is 13.9. The Labute approximate surface area is 190 Å². The summed E-state index contributed by atoms with van der Waals surface area (Å²) < 4.78 is 30.6. The van der Waals surface area contributed by atoms with Gasteiger partial charge in [0.2, 0.25) is 5.88 Å². The van der Waals surface area contributed by atoms with Gasteiger partial charge in [-0.05, 0) is 48.4 Å². The lowest BCUT2D eigenvalue weighted by atomic mass is 9.83. The fourth-order valence-corrected chi connectivity index (χ4v) is 3.63. The second kappa shape index (κ2) is 9.45. The molecule has 0 bridgehead atoms. The van der Waals surface area contributed by atoms with Crippen LogP contribution < -0.4 is 19.9 Å². The van der Waals surface area contributed by atoms with Gasteiger partial charge in [0.15, 0.2) is 0 Å². The van der Waals surface area contributed by atoms with E-state index in [9.17, 15) is 14.4 Å². The van der Waals surface area contributed by atoms with Crippen molar-refractivity contribution in [3.63, 3.8) is 0 Å². The van der Waals surface area contributed by atoms with E-state index < -0.39 is 17.7 Å². The van der Waals surface area contributed by atoms with Gasteiger partial charge in [-0.25, -0.2) is 9.18 Å². The van der Waals surface area contributed by atoms with Crippen molar-refractivity contribution in [2.75, 3.05) is 6.61 Å². The molecule has 0 amide bonds. The lowest BCUT2D eigenvalue weighted by molar-refractivity contribution is 0.0734. The van der Waals surface area contributed by atoms with Crippen molar-refractivity contribution in [3.8, 4) is 23.3 Å². The number of hydrogen-bond donors (Lipinski definition) is 1. The molecule has 6 nitrogen and oxygen atoms in total. The average Bonchev–Trinajstić information content (AvgIpc) is 2.82. The molecule has 1 unspecified atom stereocenters. The van der Waals surface area contributed by atoms with Gasteiger partial charge in [0.25, 0.3) is 0 Å². The number of esters is 1. The smallest absolute Gasteiger partial charge is 0.343 e. The standard InChI is InChI=1S/C26H21FN2O4/c1-2-11-31-19-8-4-6-17(13-19)26(30)32-20-9-10-21-23(14-20)33-25(29)22(15-28)24(21)16-5-3-7-18(27)12-16/h3-10,12-14,24H,2,11,29H2,1H3. The normalized spacial score (nSPS) is 14.6. The molecule has 33 heavy (non-hydrogen) atoms. The van der Waals surface area contributed by atoms with Crippen LogP contribution >= 0.6 is 0 Å². The molecule has 166 valence electrons. The topological polar surface area (TPSA) is 94.6 Å².